The van der Waals surface area contributed by atoms with Crippen LogP contribution in [0.3, 0.4) is 0 Å². The molecule has 0 bridgehead atoms. The van der Waals surface area contributed by atoms with E-state index in [2.05, 4.69) is 26.6 Å². The van der Waals surface area contributed by atoms with Crippen molar-refractivity contribution in [2.45, 2.75) is 145 Å². The molecule has 414 valence electrons. The van der Waals surface area contributed by atoms with Crippen LogP contribution in [0.1, 0.15) is 71.0 Å². The van der Waals surface area contributed by atoms with Crippen molar-refractivity contribution in [1.82, 2.24) is 36.4 Å². The third kappa shape index (κ3) is 14.6. The van der Waals surface area contributed by atoms with Crippen LogP contribution in [-0.2, 0) is 33.6 Å². The average molecular weight is 1060 g/mol. The molecule has 24 nitrogen and oxygen atoms in total. The van der Waals surface area contributed by atoms with Gasteiger partial charge in [0.05, 0.1) is 31.0 Å². The first kappa shape index (κ1) is 58.5. The van der Waals surface area contributed by atoms with Gasteiger partial charge in [-0.05, 0) is 74.1 Å². The van der Waals surface area contributed by atoms with Crippen molar-refractivity contribution in [3.05, 3.63) is 84.4 Å². The highest BCUT2D eigenvalue weighted by atomic mass is 16.5. The Bertz CT molecular complexity index is 2490. The molecule has 7 amide bonds. The number of phenols is 1. The van der Waals surface area contributed by atoms with E-state index in [9.17, 15) is 79.5 Å². The van der Waals surface area contributed by atoms with Crippen LogP contribution < -0.4 is 31.3 Å². The third-order valence-corrected chi connectivity index (χ3v) is 13.8. The number of rotatable bonds is 14. The van der Waals surface area contributed by atoms with Crippen LogP contribution in [0.5, 0.6) is 11.5 Å². The quantitative estimate of drug-likeness (QED) is 0.0723. The predicted molar refractivity (Wildman–Crippen MR) is 268 cm³/mol. The molecule has 14 N–H and O–H groups in total. The number of hydrogen-bond donors (Lipinski definition) is 14. The second-order valence-electron chi connectivity index (χ2n) is 19.7. The number of aliphatic hydroxyl groups excluding tert-OH is 8. The summed E-state index contributed by atoms with van der Waals surface area (Å²) >= 11 is 0. The molecule has 76 heavy (non-hydrogen) atoms. The summed E-state index contributed by atoms with van der Waals surface area (Å²) in [6, 6.07) is 10.6. The summed E-state index contributed by atoms with van der Waals surface area (Å²) < 4.78 is 5.86. The summed E-state index contributed by atoms with van der Waals surface area (Å²) in [4.78, 5) is 100. The minimum Gasteiger partial charge on any atom is -0.508 e. The topological polar surface area (TPSA) is 377 Å². The fraction of sp³-hybridized carbons (Fsp3) is 0.519. The molecule has 0 unspecified atom stereocenters. The van der Waals surface area contributed by atoms with Gasteiger partial charge in [0.2, 0.25) is 41.4 Å². The smallest absolute Gasteiger partial charge is 0.248 e. The van der Waals surface area contributed by atoms with Gasteiger partial charge in [-0.3, -0.25) is 33.6 Å². The number of carbonyl (C=O) groups is 7. The Morgan fingerprint density at radius 2 is 1.26 bits per heavy atom. The molecule has 3 aliphatic rings. The van der Waals surface area contributed by atoms with Gasteiger partial charge in [-0.25, -0.2) is 0 Å². The number of aromatic hydroxyl groups is 1. The van der Waals surface area contributed by atoms with Gasteiger partial charge in [0.25, 0.3) is 0 Å². The number of carbonyl (C=O) groups excluding carboxylic acids is 7. The Hall–Kier alpha value is -6.77. The predicted octanol–water partition coefficient (Wildman–Crippen LogP) is -2.84. The van der Waals surface area contributed by atoms with Gasteiger partial charge in [0.15, 0.2) is 6.23 Å². The summed E-state index contributed by atoms with van der Waals surface area (Å²) in [6.45, 7) is 3.06. The van der Waals surface area contributed by atoms with Gasteiger partial charge in [-0.2, -0.15) is 0 Å². The number of benzene rings is 3. The number of fused-ring (bicyclic) bond motifs is 2. The number of phenolic OH excluding ortho intramolecular Hbond substituents is 1. The van der Waals surface area contributed by atoms with Crippen molar-refractivity contribution < 1.29 is 84.3 Å². The van der Waals surface area contributed by atoms with Crippen molar-refractivity contribution in [2.24, 2.45) is 5.92 Å². The summed E-state index contributed by atoms with van der Waals surface area (Å²) in [5.41, 5.74) is 2.00. The monoisotopic (exact) mass is 1060 g/mol. The zero-order chi connectivity index (χ0) is 55.5. The van der Waals surface area contributed by atoms with Gasteiger partial charge < -0.3 is 87.1 Å². The van der Waals surface area contributed by atoms with Gasteiger partial charge in [0.1, 0.15) is 66.1 Å². The molecule has 0 saturated carbocycles. The highest BCUT2D eigenvalue weighted by molar-refractivity contribution is 5.98. The molecule has 3 aromatic rings. The Morgan fingerprint density at radius 3 is 1.89 bits per heavy atom. The van der Waals surface area contributed by atoms with E-state index in [-0.39, 0.29) is 24.3 Å². The average Bonchev–Trinajstić information content (AvgIpc) is 3.95. The lowest BCUT2D eigenvalue weighted by Gasteiger charge is -2.34. The van der Waals surface area contributed by atoms with E-state index in [4.69, 9.17) is 4.74 Å². The Labute approximate surface area is 438 Å². The lowest BCUT2D eigenvalue weighted by Crippen LogP contribution is -2.64. The second-order valence-corrected chi connectivity index (χ2v) is 19.7. The summed E-state index contributed by atoms with van der Waals surface area (Å²) in [7, 11) is 0. The van der Waals surface area contributed by atoms with Crippen LogP contribution in [0.4, 0.5) is 0 Å². The zero-order valence-corrected chi connectivity index (χ0v) is 42.2. The molecule has 3 saturated heterocycles. The number of nitrogens with zero attached hydrogens (tertiary/aromatic N) is 2. The number of hydrogen-bond acceptors (Lipinski definition) is 17. The molecule has 24 heteroatoms. The Balaban J connectivity index is 1.25. The van der Waals surface area contributed by atoms with Gasteiger partial charge in [-0.1, -0.05) is 61.5 Å². The fourth-order valence-corrected chi connectivity index (χ4v) is 9.42. The van der Waals surface area contributed by atoms with E-state index in [0.717, 1.165) is 46.9 Å². The zero-order valence-electron chi connectivity index (χ0n) is 42.2. The maximum absolute atomic E-state index is 14.3. The van der Waals surface area contributed by atoms with E-state index in [1.165, 1.54) is 19.1 Å². The lowest BCUT2D eigenvalue weighted by molar-refractivity contribution is -0.148. The van der Waals surface area contributed by atoms with E-state index in [0.29, 0.717) is 31.6 Å². The van der Waals surface area contributed by atoms with Crippen LogP contribution in [0, 0.1) is 5.92 Å². The fourth-order valence-electron chi connectivity index (χ4n) is 9.42. The van der Waals surface area contributed by atoms with E-state index in [1.807, 2.05) is 54.6 Å². The third-order valence-electron chi connectivity index (χ3n) is 13.8. The van der Waals surface area contributed by atoms with Gasteiger partial charge >= 0.3 is 0 Å². The highest BCUT2D eigenvalue weighted by Gasteiger charge is 2.50. The van der Waals surface area contributed by atoms with Gasteiger partial charge in [0, 0.05) is 38.3 Å². The summed E-state index contributed by atoms with van der Waals surface area (Å²) in [5.74, 6) is -8.51. The summed E-state index contributed by atoms with van der Waals surface area (Å²) in [6.07, 6.45) is -15.3. The lowest BCUT2D eigenvalue weighted by atomic mass is 9.96. The Kier molecular flexibility index (Phi) is 20.3. The molecule has 3 heterocycles. The molecule has 3 aromatic carbocycles. The van der Waals surface area contributed by atoms with Crippen molar-refractivity contribution in [3.8, 4) is 22.6 Å². The maximum Gasteiger partial charge on any atom is 0.248 e. The number of amides is 7. The molecule has 0 radical (unpaired) electrons. The van der Waals surface area contributed by atoms with E-state index in [1.54, 1.807) is 0 Å². The minimum absolute atomic E-state index is 0.0694. The number of aliphatic hydroxyl groups is 8. The standard InChI is InChI=1S/C52H69N7O17/c1-26-24-59-42(43(26)66)50(73)57-48(71)37(64)23-35(53-38(65)12-8-5-9-21-76-34-19-15-30(16-20-34)29-10-6-4-7-11-29)46(69)54-39(27(2)60)51(74)58-25-33(63)22-36(58)47(70)56-41(49(72)55-40(28(3)61)52(59)75)45(68)44(67)31-13-17-32(62)18-14-31/h4,6-7,10-11,13-20,26-28,33,35-37,39-45,48,60-64,66-68,71H,5,8-9,12,21-25H2,1-3H3,(H,53,65)(H,54,69)(H,55,72)(H,56,70)(H,57,73)/t26-,27+,28+,33+,35-,36-,37+,39-,40-,41-,42-,43-,44-,45-,48-/m0/s1. The normalized spacial score (nSPS) is 28.8. The largest absolute Gasteiger partial charge is 0.508 e. The minimum atomic E-state index is -2.28. The summed E-state index contributed by atoms with van der Waals surface area (Å²) in [5, 5.41) is 110. The highest BCUT2D eigenvalue weighted by Crippen LogP contribution is 2.28. The van der Waals surface area contributed by atoms with Crippen LogP contribution >= 0.6 is 0 Å². The van der Waals surface area contributed by atoms with Crippen LogP contribution in [0.25, 0.3) is 11.1 Å². The van der Waals surface area contributed by atoms with Crippen molar-refractivity contribution >= 4 is 41.4 Å². The number of ether oxygens (including phenoxy) is 1. The van der Waals surface area contributed by atoms with Crippen molar-refractivity contribution in [1.29, 1.82) is 0 Å². The SMILES string of the molecule is C[C@@H](O)[C@@H]1NC(=O)[C@H]([C@H](O)[C@@H](O)c2ccc(O)cc2)NC(=O)[C@@H]2C[C@@H](O)CN2C(=O)[C@H]([C@@H](C)O)NC(=O)[C@@H](NC(=O)CCCCCOc2ccc(-c3ccccc3)cc2)C[C@@H](O)[C@H](O)NC(=O)[C@@H]2[C@@H](O)[C@@H](C)CN2C1=O. The van der Waals surface area contributed by atoms with Crippen LogP contribution in [-0.4, -0.2) is 196 Å². The maximum atomic E-state index is 14.3. The van der Waals surface area contributed by atoms with Crippen LogP contribution in [0.15, 0.2) is 78.9 Å². The first-order valence-electron chi connectivity index (χ1n) is 25.2. The molecular formula is C52H69N7O17. The Morgan fingerprint density at radius 1 is 0.671 bits per heavy atom. The molecule has 6 rings (SSSR count). The van der Waals surface area contributed by atoms with Crippen molar-refractivity contribution in [2.75, 3.05) is 19.7 Å². The molecule has 3 fully saturated rings. The number of nitrogens with one attached hydrogen (secondary N) is 5. The molecule has 0 aromatic heterocycles. The van der Waals surface area contributed by atoms with Gasteiger partial charge in [-0.15, -0.1) is 0 Å². The first-order chi connectivity index (χ1) is 36.1. The first-order valence-corrected chi connectivity index (χ1v) is 25.2. The molecule has 0 spiro atoms. The molecule has 15 atom stereocenters. The number of unbranched alkanes of at least 4 members (excludes halogenated alkanes) is 2. The van der Waals surface area contributed by atoms with Crippen LogP contribution in [0.2, 0.25) is 0 Å². The molecule has 3 aliphatic heterocycles. The second kappa shape index (κ2) is 26.3. The van der Waals surface area contributed by atoms with E-state index >= 15 is 0 Å². The molecule has 0 aliphatic carbocycles. The van der Waals surface area contributed by atoms with Crippen molar-refractivity contribution in [3.63, 3.8) is 0 Å². The molecular weight excluding hydrogens is 995 g/mol. The van der Waals surface area contributed by atoms with E-state index < -0.39 is 152 Å².